The first kappa shape index (κ1) is 20.4. The summed E-state index contributed by atoms with van der Waals surface area (Å²) in [5.41, 5.74) is 5.87. The summed E-state index contributed by atoms with van der Waals surface area (Å²) in [7, 11) is 0. The molecule has 2 aliphatic rings. The number of nitrogens with one attached hydrogen (secondary N) is 1. The van der Waals surface area contributed by atoms with Gasteiger partial charge in [0.15, 0.2) is 0 Å². The molecule has 4 rings (SSSR count). The topological polar surface area (TPSA) is 48.5 Å². The average Bonchev–Trinajstić information content (AvgIpc) is 3.38. The molecule has 1 aliphatic heterocycles. The molecule has 0 saturated carbocycles. The van der Waals surface area contributed by atoms with Gasteiger partial charge in [0.1, 0.15) is 0 Å². The second kappa shape index (κ2) is 9.72. The molecule has 29 heavy (non-hydrogen) atoms. The Labute approximate surface area is 178 Å². The molecule has 5 nitrogen and oxygen atoms in total. The smallest absolute Gasteiger partial charge is 0.318 e. The van der Waals surface area contributed by atoms with Crippen molar-refractivity contribution in [3.05, 3.63) is 51.5 Å². The number of rotatable bonds is 8. The molecule has 0 fully saturated rings. The van der Waals surface area contributed by atoms with E-state index in [0.29, 0.717) is 6.04 Å². The van der Waals surface area contributed by atoms with Gasteiger partial charge in [-0.15, -0.1) is 11.3 Å². The zero-order chi connectivity index (χ0) is 20.1. The predicted molar refractivity (Wildman–Crippen MR) is 118 cm³/mol. The maximum Gasteiger partial charge on any atom is 0.318 e. The third-order valence-corrected chi connectivity index (χ3v) is 7.06. The van der Waals surface area contributed by atoms with Crippen LogP contribution in [-0.4, -0.2) is 46.5 Å². The van der Waals surface area contributed by atoms with Crippen LogP contribution in [0.25, 0.3) is 0 Å². The van der Waals surface area contributed by atoms with Gasteiger partial charge in [0, 0.05) is 30.6 Å². The molecular weight excluding hydrogens is 380 g/mol. The molecule has 6 heteroatoms. The lowest BCUT2D eigenvalue weighted by Crippen LogP contribution is -2.40. The number of aryl methyl sites for hydroxylation is 1. The second-order valence-corrected chi connectivity index (χ2v) is 9.16. The van der Waals surface area contributed by atoms with Crippen molar-refractivity contribution in [2.24, 2.45) is 0 Å². The Balaban J connectivity index is 1.17. The molecule has 2 amide bonds. The molecule has 1 aromatic heterocycles. The van der Waals surface area contributed by atoms with Crippen LogP contribution in [0.15, 0.2) is 29.8 Å². The fraction of sp³-hybridized carbons (Fsp3) is 0.565. The molecule has 156 valence electrons. The molecule has 1 aliphatic carbocycles. The van der Waals surface area contributed by atoms with E-state index in [4.69, 9.17) is 0 Å². The Morgan fingerprint density at radius 3 is 2.79 bits per heavy atom. The molecule has 1 N–H and O–H groups in total. The first-order valence-electron chi connectivity index (χ1n) is 11.0. The second-order valence-electron chi connectivity index (χ2n) is 8.22. The number of urea groups is 1. The summed E-state index contributed by atoms with van der Waals surface area (Å²) in [6.07, 6.45) is 6.86. The predicted octanol–water partition coefficient (Wildman–Crippen LogP) is 4.22. The van der Waals surface area contributed by atoms with Gasteiger partial charge >= 0.3 is 6.03 Å². The van der Waals surface area contributed by atoms with E-state index >= 15 is 0 Å². The van der Waals surface area contributed by atoms with E-state index in [0.717, 1.165) is 58.4 Å². The lowest BCUT2D eigenvalue weighted by molar-refractivity contribution is 0.176. The summed E-state index contributed by atoms with van der Waals surface area (Å²) in [4.78, 5) is 23.0. The van der Waals surface area contributed by atoms with Crippen LogP contribution in [0.1, 0.15) is 54.3 Å². The van der Waals surface area contributed by atoms with E-state index in [-0.39, 0.29) is 6.03 Å². The van der Waals surface area contributed by atoms with Gasteiger partial charge in [-0.2, -0.15) is 0 Å². The summed E-state index contributed by atoms with van der Waals surface area (Å²) < 4.78 is 0. The SMILES string of the molecule is CCCN(CCCCNC(=O)N1Cc2ccccc2C1)C1CCc2ncsc2C1. The van der Waals surface area contributed by atoms with Gasteiger partial charge in [0.2, 0.25) is 0 Å². The van der Waals surface area contributed by atoms with Crippen LogP contribution >= 0.6 is 11.3 Å². The minimum absolute atomic E-state index is 0.0663. The van der Waals surface area contributed by atoms with Crippen LogP contribution in [-0.2, 0) is 25.9 Å². The Hall–Kier alpha value is -1.92. The van der Waals surface area contributed by atoms with E-state index in [1.54, 1.807) is 0 Å². The largest absolute Gasteiger partial charge is 0.338 e. The maximum atomic E-state index is 12.5. The zero-order valence-corrected chi connectivity index (χ0v) is 18.2. The monoisotopic (exact) mass is 412 g/mol. The van der Waals surface area contributed by atoms with Crippen molar-refractivity contribution in [1.82, 2.24) is 20.1 Å². The summed E-state index contributed by atoms with van der Waals surface area (Å²) >= 11 is 1.82. The molecule has 1 unspecified atom stereocenters. The van der Waals surface area contributed by atoms with E-state index in [9.17, 15) is 4.79 Å². The van der Waals surface area contributed by atoms with Crippen molar-refractivity contribution in [2.75, 3.05) is 19.6 Å². The van der Waals surface area contributed by atoms with Crippen molar-refractivity contribution in [1.29, 1.82) is 0 Å². The van der Waals surface area contributed by atoms with Crippen LogP contribution in [0.2, 0.25) is 0 Å². The number of carbonyl (C=O) groups is 1. The highest BCUT2D eigenvalue weighted by atomic mass is 32.1. The quantitative estimate of drug-likeness (QED) is 0.661. The lowest BCUT2D eigenvalue weighted by Gasteiger charge is -2.33. The van der Waals surface area contributed by atoms with E-state index < -0.39 is 0 Å². The molecular formula is C23H32N4OS. The molecule has 2 aromatic rings. The molecule has 0 spiro atoms. The summed E-state index contributed by atoms with van der Waals surface area (Å²) in [6.45, 7) is 6.77. The normalized spacial score (nSPS) is 18.0. The van der Waals surface area contributed by atoms with Gasteiger partial charge in [0.05, 0.1) is 11.2 Å². The van der Waals surface area contributed by atoms with E-state index in [1.165, 1.54) is 34.5 Å². The van der Waals surface area contributed by atoms with E-state index in [2.05, 4.69) is 34.3 Å². The van der Waals surface area contributed by atoms with Crippen molar-refractivity contribution in [3.63, 3.8) is 0 Å². The Bertz CT molecular complexity index is 796. The molecule has 0 saturated heterocycles. The number of hydrogen-bond donors (Lipinski definition) is 1. The highest BCUT2D eigenvalue weighted by Gasteiger charge is 2.25. The zero-order valence-electron chi connectivity index (χ0n) is 17.4. The van der Waals surface area contributed by atoms with Crippen LogP contribution < -0.4 is 5.32 Å². The number of fused-ring (bicyclic) bond motifs is 2. The van der Waals surface area contributed by atoms with Crippen molar-refractivity contribution in [3.8, 4) is 0 Å². The van der Waals surface area contributed by atoms with Gasteiger partial charge in [-0.1, -0.05) is 31.2 Å². The van der Waals surface area contributed by atoms with Crippen molar-refractivity contribution < 1.29 is 4.79 Å². The van der Waals surface area contributed by atoms with Crippen LogP contribution in [0.3, 0.4) is 0 Å². The first-order valence-corrected chi connectivity index (χ1v) is 11.9. The summed E-state index contributed by atoms with van der Waals surface area (Å²) in [5.74, 6) is 0. The molecule has 1 atom stereocenters. The number of benzene rings is 1. The van der Waals surface area contributed by atoms with Gasteiger partial charge in [-0.05, 0) is 62.7 Å². The molecule has 0 bridgehead atoms. The third-order valence-electron chi connectivity index (χ3n) is 6.16. The molecule has 0 radical (unpaired) electrons. The highest BCUT2D eigenvalue weighted by Crippen LogP contribution is 2.27. The van der Waals surface area contributed by atoms with Gasteiger partial charge in [-0.3, -0.25) is 0 Å². The number of thiazole rings is 1. The Kier molecular flexibility index (Phi) is 6.82. The number of amides is 2. The van der Waals surface area contributed by atoms with Gasteiger partial charge in [-0.25, -0.2) is 9.78 Å². The van der Waals surface area contributed by atoms with Crippen LogP contribution in [0.4, 0.5) is 4.79 Å². The van der Waals surface area contributed by atoms with Crippen molar-refractivity contribution in [2.45, 2.75) is 64.6 Å². The standard InChI is InChI=1S/C23H32N4OS/c1-2-12-26(20-9-10-21-22(14-20)29-17-25-21)13-6-5-11-24-23(28)27-15-18-7-3-4-8-19(18)16-27/h3-4,7-8,17,20H,2,5-6,9-16H2,1H3,(H,24,28). The van der Waals surface area contributed by atoms with Crippen LogP contribution in [0, 0.1) is 0 Å². The minimum Gasteiger partial charge on any atom is -0.338 e. The third kappa shape index (κ3) is 4.98. The highest BCUT2D eigenvalue weighted by molar-refractivity contribution is 7.09. The maximum absolute atomic E-state index is 12.5. The first-order chi connectivity index (χ1) is 14.2. The Morgan fingerprint density at radius 1 is 1.24 bits per heavy atom. The number of hydrogen-bond acceptors (Lipinski definition) is 4. The number of aromatic nitrogens is 1. The Morgan fingerprint density at radius 2 is 2.03 bits per heavy atom. The number of carbonyl (C=O) groups excluding carboxylic acids is 1. The average molecular weight is 413 g/mol. The van der Waals surface area contributed by atoms with E-state index in [1.807, 2.05) is 33.9 Å². The van der Waals surface area contributed by atoms with Gasteiger partial charge < -0.3 is 15.1 Å². The van der Waals surface area contributed by atoms with Crippen LogP contribution in [0.5, 0.6) is 0 Å². The fourth-order valence-corrected chi connectivity index (χ4v) is 5.47. The molecule has 1 aromatic carbocycles. The number of nitrogens with zero attached hydrogens (tertiary/aromatic N) is 3. The molecule has 2 heterocycles. The van der Waals surface area contributed by atoms with Crippen molar-refractivity contribution >= 4 is 17.4 Å². The number of unbranched alkanes of at least 4 members (excludes halogenated alkanes) is 1. The van der Waals surface area contributed by atoms with Gasteiger partial charge in [0.25, 0.3) is 0 Å². The minimum atomic E-state index is 0.0663. The summed E-state index contributed by atoms with van der Waals surface area (Å²) in [6, 6.07) is 9.04. The fourth-order valence-electron chi connectivity index (χ4n) is 4.58. The summed E-state index contributed by atoms with van der Waals surface area (Å²) in [5, 5.41) is 3.12. The lowest BCUT2D eigenvalue weighted by atomic mass is 9.96.